The van der Waals surface area contributed by atoms with Crippen LogP contribution < -0.4 is 20.1 Å². The lowest BCUT2D eigenvalue weighted by Gasteiger charge is -2.21. The second-order valence-corrected chi connectivity index (χ2v) is 9.20. The van der Waals surface area contributed by atoms with Crippen molar-refractivity contribution in [3.8, 4) is 11.5 Å². The fraction of sp³-hybridized carbons (Fsp3) is 0.440. The lowest BCUT2D eigenvalue weighted by atomic mass is 9.88. The van der Waals surface area contributed by atoms with Gasteiger partial charge in [-0.3, -0.25) is 9.59 Å². The van der Waals surface area contributed by atoms with Crippen LogP contribution in [0.25, 0.3) is 0 Å². The molecule has 7 heteroatoms. The van der Waals surface area contributed by atoms with Crippen molar-refractivity contribution in [1.29, 1.82) is 0 Å². The predicted molar refractivity (Wildman–Crippen MR) is 130 cm³/mol. The number of hydrogen-bond donors (Lipinski definition) is 2. The smallest absolute Gasteiger partial charge is 0.237 e. The van der Waals surface area contributed by atoms with Gasteiger partial charge in [0, 0.05) is 22.6 Å². The van der Waals surface area contributed by atoms with Gasteiger partial charge in [-0.05, 0) is 49.6 Å². The number of anilines is 2. The molecule has 1 unspecified atom stereocenters. The zero-order valence-electron chi connectivity index (χ0n) is 19.0. The van der Waals surface area contributed by atoms with E-state index in [9.17, 15) is 9.59 Å². The highest BCUT2D eigenvalue weighted by Gasteiger charge is 2.22. The SMILES string of the molecule is CCC(Sc1cccc(NC(=O)C2CCCCC2)c1)C(=O)Nc1ccc(OC)cc1OC. The topological polar surface area (TPSA) is 76.7 Å². The molecule has 1 fully saturated rings. The van der Waals surface area contributed by atoms with Gasteiger partial charge in [0.1, 0.15) is 11.5 Å². The molecule has 2 aromatic carbocycles. The molecule has 1 aliphatic carbocycles. The summed E-state index contributed by atoms with van der Waals surface area (Å²) in [5, 5.41) is 5.73. The van der Waals surface area contributed by atoms with Crippen LogP contribution in [0.2, 0.25) is 0 Å². The van der Waals surface area contributed by atoms with Crippen molar-refractivity contribution in [3.05, 3.63) is 42.5 Å². The summed E-state index contributed by atoms with van der Waals surface area (Å²) in [5.41, 5.74) is 1.38. The zero-order chi connectivity index (χ0) is 22.9. The van der Waals surface area contributed by atoms with Gasteiger partial charge in [-0.2, -0.15) is 0 Å². The van der Waals surface area contributed by atoms with Crippen LogP contribution in [0.3, 0.4) is 0 Å². The summed E-state index contributed by atoms with van der Waals surface area (Å²) in [5.74, 6) is 1.31. The summed E-state index contributed by atoms with van der Waals surface area (Å²) in [6, 6.07) is 13.0. The van der Waals surface area contributed by atoms with E-state index in [4.69, 9.17) is 9.47 Å². The Hall–Kier alpha value is -2.67. The molecule has 172 valence electrons. The van der Waals surface area contributed by atoms with Gasteiger partial charge in [0.05, 0.1) is 25.2 Å². The molecule has 1 saturated carbocycles. The number of methoxy groups -OCH3 is 2. The largest absolute Gasteiger partial charge is 0.497 e. The number of rotatable bonds is 9. The Morgan fingerprint density at radius 1 is 1.03 bits per heavy atom. The number of benzene rings is 2. The number of thioether (sulfide) groups is 1. The van der Waals surface area contributed by atoms with Crippen LogP contribution in [0.15, 0.2) is 47.4 Å². The minimum atomic E-state index is -0.286. The molecule has 0 saturated heterocycles. The van der Waals surface area contributed by atoms with Crippen molar-refractivity contribution in [2.75, 3.05) is 24.9 Å². The van der Waals surface area contributed by atoms with Crippen molar-refractivity contribution in [3.63, 3.8) is 0 Å². The molecule has 2 aromatic rings. The Morgan fingerprint density at radius 2 is 1.81 bits per heavy atom. The van der Waals surface area contributed by atoms with Crippen molar-refractivity contribution >= 4 is 35.0 Å². The van der Waals surface area contributed by atoms with Crippen molar-refractivity contribution < 1.29 is 19.1 Å². The first kappa shape index (κ1) is 24.0. The summed E-state index contributed by atoms with van der Waals surface area (Å²) in [6.45, 7) is 1.98. The molecule has 0 aliphatic heterocycles. The summed E-state index contributed by atoms with van der Waals surface area (Å²) in [7, 11) is 3.14. The van der Waals surface area contributed by atoms with Crippen LogP contribution in [0.1, 0.15) is 45.4 Å². The van der Waals surface area contributed by atoms with Gasteiger partial charge in [0.2, 0.25) is 11.8 Å². The first-order chi connectivity index (χ1) is 15.5. The second kappa shape index (κ2) is 11.8. The fourth-order valence-corrected chi connectivity index (χ4v) is 4.87. The quantitative estimate of drug-likeness (QED) is 0.471. The van der Waals surface area contributed by atoms with E-state index in [0.717, 1.165) is 36.3 Å². The van der Waals surface area contributed by atoms with E-state index in [-0.39, 0.29) is 23.0 Å². The average Bonchev–Trinajstić information content (AvgIpc) is 2.83. The maximum Gasteiger partial charge on any atom is 0.237 e. The average molecular weight is 457 g/mol. The molecule has 0 aromatic heterocycles. The third kappa shape index (κ3) is 6.42. The van der Waals surface area contributed by atoms with E-state index in [0.29, 0.717) is 23.6 Å². The van der Waals surface area contributed by atoms with Crippen LogP contribution in [-0.4, -0.2) is 31.3 Å². The second-order valence-electron chi connectivity index (χ2n) is 7.92. The lowest BCUT2D eigenvalue weighted by Crippen LogP contribution is -2.25. The maximum atomic E-state index is 13.0. The van der Waals surface area contributed by atoms with Crippen LogP contribution in [0.4, 0.5) is 11.4 Å². The van der Waals surface area contributed by atoms with Crippen molar-refractivity contribution in [2.45, 2.75) is 55.6 Å². The third-order valence-corrected chi connectivity index (χ3v) is 7.04. The van der Waals surface area contributed by atoms with E-state index in [2.05, 4.69) is 10.6 Å². The molecule has 2 N–H and O–H groups in total. The molecule has 32 heavy (non-hydrogen) atoms. The predicted octanol–water partition coefficient (Wildman–Crippen LogP) is 5.73. The molecule has 6 nitrogen and oxygen atoms in total. The van der Waals surface area contributed by atoms with Gasteiger partial charge in [-0.15, -0.1) is 11.8 Å². The van der Waals surface area contributed by atoms with E-state index in [1.165, 1.54) is 18.2 Å². The minimum absolute atomic E-state index is 0.0994. The minimum Gasteiger partial charge on any atom is -0.497 e. The molecule has 0 radical (unpaired) electrons. The summed E-state index contributed by atoms with van der Waals surface area (Å²) in [6.07, 6.45) is 6.06. The summed E-state index contributed by atoms with van der Waals surface area (Å²) >= 11 is 1.49. The van der Waals surface area contributed by atoms with Crippen LogP contribution in [0, 0.1) is 5.92 Å². The first-order valence-electron chi connectivity index (χ1n) is 11.1. The molecule has 0 spiro atoms. The van der Waals surface area contributed by atoms with Gasteiger partial charge in [0.25, 0.3) is 0 Å². The van der Waals surface area contributed by atoms with Crippen LogP contribution in [0.5, 0.6) is 11.5 Å². The van der Waals surface area contributed by atoms with Gasteiger partial charge >= 0.3 is 0 Å². The number of carbonyl (C=O) groups excluding carboxylic acids is 2. The molecule has 3 rings (SSSR count). The first-order valence-corrected chi connectivity index (χ1v) is 12.0. The highest BCUT2D eigenvalue weighted by molar-refractivity contribution is 8.00. The van der Waals surface area contributed by atoms with Gasteiger partial charge in [-0.1, -0.05) is 32.3 Å². The molecular formula is C25H32N2O4S. The van der Waals surface area contributed by atoms with Gasteiger partial charge < -0.3 is 20.1 Å². The Labute approximate surface area is 194 Å². The Balaban J connectivity index is 1.64. The van der Waals surface area contributed by atoms with E-state index in [1.807, 2.05) is 31.2 Å². The van der Waals surface area contributed by atoms with Crippen molar-refractivity contribution in [2.24, 2.45) is 5.92 Å². The standard InChI is InChI=1S/C25H32N2O4S/c1-4-23(25(29)27-21-14-13-19(30-2)16-22(21)31-3)32-20-12-8-11-18(15-20)26-24(28)17-9-6-5-7-10-17/h8,11-17,23H,4-7,9-10H2,1-3H3,(H,26,28)(H,27,29). The molecule has 0 bridgehead atoms. The Morgan fingerprint density at radius 3 is 2.50 bits per heavy atom. The normalized spacial score (nSPS) is 15.0. The summed E-state index contributed by atoms with van der Waals surface area (Å²) in [4.78, 5) is 26.5. The molecule has 1 aliphatic rings. The van der Waals surface area contributed by atoms with Crippen LogP contribution >= 0.6 is 11.8 Å². The van der Waals surface area contributed by atoms with Crippen molar-refractivity contribution in [1.82, 2.24) is 0 Å². The Bertz CT molecular complexity index is 928. The highest BCUT2D eigenvalue weighted by Crippen LogP contribution is 2.32. The number of ether oxygens (including phenoxy) is 2. The molecule has 1 atom stereocenters. The van der Waals surface area contributed by atoms with Gasteiger partial charge in [-0.25, -0.2) is 0 Å². The van der Waals surface area contributed by atoms with Gasteiger partial charge in [0.15, 0.2) is 0 Å². The van der Waals surface area contributed by atoms with E-state index >= 15 is 0 Å². The number of amides is 2. The van der Waals surface area contributed by atoms with E-state index in [1.54, 1.807) is 32.4 Å². The Kier molecular flexibility index (Phi) is 8.85. The summed E-state index contributed by atoms with van der Waals surface area (Å²) < 4.78 is 10.6. The number of hydrogen-bond acceptors (Lipinski definition) is 5. The zero-order valence-corrected chi connectivity index (χ0v) is 19.8. The lowest BCUT2D eigenvalue weighted by molar-refractivity contribution is -0.120. The monoisotopic (exact) mass is 456 g/mol. The molecule has 2 amide bonds. The fourth-order valence-electron chi connectivity index (χ4n) is 3.86. The number of carbonyl (C=O) groups is 2. The number of nitrogens with one attached hydrogen (secondary N) is 2. The third-order valence-electron chi connectivity index (χ3n) is 5.69. The maximum absolute atomic E-state index is 13.0. The highest BCUT2D eigenvalue weighted by atomic mass is 32.2. The molecule has 0 heterocycles. The van der Waals surface area contributed by atoms with E-state index < -0.39 is 0 Å². The van der Waals surface area contributed by atoms with Crippen LogP contribution in [-0.2, 0) is 9.59 Å². The molecular weight excluding hydrogens is 424 g/mol.